The van der Waals surface area contributed by atoms with Crippen LogP contribution in [-0.2, 0) is 0 Å². The van der Waals surface area contributed by atoms with Gasteiger partial charge in [-0.25, -0.2) is 0 Å². The summed E-state index contributed by atoms with van der Waals surface area (Å²) in [5, 5.41) is 9.84. The fraction of sp³-hybridized carbons (Fsp3) is 0.462. The molecule has 0 spiro atoms. The van der Waals surface area contributed by atoms with Crippen molar-refractivity contribution >= 4 is 5.78 Å². The quantitative estimate of drug-likeness (QED) is 0.751. The van der Waals surface area contributed by atoms with Crippen molar-refractivity contribution in [3.8, 4) is 0 Å². The molecule has 15 heavy (non-hydrogen) atoms. The molecule has 0 amide bonds. The van der Waals surface area contributed by atoms with Crippen LogP contribution in [0.15, 0.2) is 24.3 Å². The van der Waals surface area contributed by atoms with E-state index in [1.807, 2.05) is 24.3 Å². The van der Waals surface area contributed by atoms with Gasteiger partial charge in [-0.1, -0.05) is 30.7 Å². The summed E-state index contributed by atoms with van der Waals surface area (Å²) in [4.78, 5) is 11.4. The summed E-state index contributed by atoms with van der Waals surface area (Å²) < 4.78 is 0. The summed E-state index contributed by atoms with van der Waals surface area (Å²) in [5.74, 6) is 0.245. The second kappa shape index (κ2) is 4.15. The number of benzene rings is 1. The van der Waals surface area contributed by atoms with E-state index in [-0.39, 0.29) is 17.8 Å². The van der Waals surface area contributed by atoms with Gasteiger partial charge in [0.1, 0.15) is 0 Å². The highest BCUT2D eigenvalue weighted by molar-refractivity contribution is 5.95. The number of carbonyl (C=O) groups excluding carboxylic acids is 1. The Bertz CT molecular complexity index is 371. The van der Waals surface area contributed by atoms with Gasteiger partial charge < -0.3 is 5.11 Å². The lowest BCUT2D eigenvalue weighted by Gasteiger charge is -2.17. The highest BCUT2D eigenvalue weighted by Crippen LogP contribution is 2.36. The Kier molecular flexibility index (Phi) is 2.87. The van der Waals surface area contributed by atoms with Crippen LogP contribution in [-0.4, -0.2) is 17.0 Å². The van der Waals surface area contributed by atoms with Crippen molar-refractivity contribution in [3.63, 3.8) is 0 Å². The molecule has 1 N–H and O–H groups in total. The van der Waals surface area contributed by atoms with Crippen LogP contribution in [0.3, 0.4) is 0 Å². The molecule has 80 valence electrons. The summed E-state index contributed by atoms with van der Waals surface area (Å²) in [7, 11) is 0. The first kappa shape index (κ1) is 10.4. The molecule has 1 aromatic rings. The van der Waals surface area contributed by atoms with Crippen molar-refractivity contribution in [1.29, 1.82) is 0 Å². The molecule has 2 unspecified atom stereocenters. The van der Waals surface area contributed by atoms with E-state index >= 15 is 0 Å². The smallest absolute Gasteiger partial charge is 0.160 e. The van der Waals surface area contributed by atoms with Crippen molar-refractivity contribution < 1.29 is 9.90 Å². The van der Waals surface area contributed by atoms with Gasteiger partial charge in [0.2, 0.25) is 0 Å². The summed E-state index contributed by atoms with van der Waals surface area (Å²) in [5.41, 5.74) is 1.79. The monoisotopic (exact) mass is 204 g/mol. The molecule has 2 rings (SSSR count). The van der Waals surface area contributed by atoms with Crippen molar-refractivity contribution in [2.24, 2.45) is 0 Å². The topological polar surface area (TPSA) is 37.3 Å². The van der Waals surface area contributed by atoms with Crippen LogP contribution in [0.5, 0.6) is 0 Å². The van der Waals surface area contributed by atoms with Crippen LogP contribution in [0.2, 0.25) is 0 Å². The lowest BCUT2D eigenvalue weighted by atomic mass is 9.90. The Hall–Kier alpha value is -1.15. The largest absolute Gasteiger partial charge is 0.392 e. The molecule has 2 atom stereocenters. The van der Waals surface area contributed by atoms with E-state index in [1.54, 1.807) is 6.92 Å². The second-order valence-electron chi connectivity index (χ2n) is 4.25. The summed E-state index contributed by atoms with van der Waals surface area (Å²) in [6.07, 6.45) is 2.63. The first-order valence-corrected chi connectivity index (χ1v) is 5.48. The first-order valence-electron chi connectivity index (χ1n) is 5.48. The summed E-state index contributed by atoms with van der Waals surface area (Å²) in [6.45, 7) is 1.58. The minimum atomic E-state index is -0.273. The Morgan fingerprint density at radius 1 is 1.33 bits per heavy atom. The average Bonchev–Trinajstić information content (AvgIpc) is 2.64. The number of Topliss-reactive ketones (excluding diaryl/α,β-unsaturated/α-hetero) is 1. The third-order valence-electron chi connectivity index (χ3n) is 3.22. The lowest BCUT2D eigenvalue weighted by Crippen LogP contribution is -2.14. The van der Waals surface area contributed by atoms with Gasteiger partial charge in [-0.2, -0.15) is 0 Å². The molecular weight excluding hydrogens is 188 g/mol. The van der Waals surface area contributed by atoms with E-state index in [9.17, 15) is 9.90 Å². The van der Waals surface area contributed by atoms with Crippen molar-refractivity contribution in [1.82, 2.24) is 0 Å². The molecule has 0 saturated heterocycles. The van der Waals surface area contributed by atoms with Crippen LogP contribution in [0, 0.1) is 0 Å². The van der Waals surface area contributed by atoms with Crippen LogP contribution in [0.25, 0.3) is 0 Å². The Morgan fingerprint density at radius 2 is 2.07 bits per heavy atom. The molecule has 1 fully saturated rings. The summed E-state index contributed by atoms with van der Waals surface area (Å²) in [6, 6.07) is 7.63. The second-order valence-corrected chi connectivity index (χ2v) is 4.25. The van der Waals surface area contributed by atoms with E-state index in [0.717, 1.165) is 30.4 Å². The molecule has 0 bridgehead atoms. The molecular formula is C13H16O2. The van der Waals surface area contributed by atoms with Crippen LogP contribution in [0.1, 0.15) is 48.0 Å². The molecule has 1 aromatic carbocycles. The first-order chi connectivity index (χ1) is 7.20. The molecule has 1 saturated carbocycles. The SMILES string of the molecule is CC(=O)c1ccccc1C1CCCC1O. The normalized spacial score (nSPS) is 25.5. The number of carbonyl (C=O) groups is 1. The predicted molar refractivity (Wildman–Crippen MR) is 59.0 cm³/mol. The van der Waals surface area contributed by atoms with E-state index in [1.165, 1.54) is 0 Å². The van der Waals surface area contributed by atoms with Crippen molar-refractivity contribution in [3.05, 3.63) is 35.4 Å². The van der Waals surface area contributed by atoms with Gasteiger partial charge in [0, 0.05) is 11.5 Å². The fourth-order valence-electron chi connectivity index (χ4n) is 2.44. The van der Waals surface area contributed by atoms with Gasteiger partial charge >= 0.3 is 0 Å². The average molecular weight is 204 g/mol. The zero-order chi connectivity index (χ0) is 10.8. The lowest BCUT2D eigenvalue weighted by molar-refractivity contribution is 0.101. The molecule has 1 aliphatic rings. The van der Waals surface area contributed by atoms with Gasteiger partial charge in [0.15, 0.2) is 5.78 Å². The third-order valence-corrected chi connectivity index (χ3v) is 3.22. The van der Waals surface area contributed by atoms with E-state index in [0.29, 0.717) is 0 Å². The Balaban J connectivity index is 2.38. The number of aliphatic hydroxyl groups excluding tert-OH is 1. The van der Waals surface area contributed by atoms with Crippen molar-refractivity contribution in [2.45, 2.75) is 38.2 Å². The number of aliphatic hydroxyl groups is 1. The van der Waals surface area contributed by atoms with Gasteiger partial charge in [0.25, 0.3) is 0 Å². The maximum absolute atomic E-state index is 11.4. The minimum absolute atomic E-state index is 0.0877. The van der Waals surface area contributed by atoms with Crippen LogP contribution in [0.4, 0.5) is 0 Å². The zero-order valence-corrected chi connectivity index (χ0v) is 8.94. The highest BCUT2D eigenvalue weighted by atomic mass is 16.3. The van der Waals surface area contributed by atoms with Crippen LogP contribution < -0.4 is 0 Å². The van der Waals surface area contributed by atoms with Crippen molar-refractivity contribution in [2.75, 3.05) is 0 Å². The van der Waals surface area contributed by atoms with E-state index < -0.39 is 0 Å². The van der Waals surface area contributed by atoms with Gasteiger partial charge in [-0.15, -0.1) is 0 Å². The van der Waals surface area contributed by atoms with Gasteiger partial charge in [0.05, 0.1) is 6.10 Å². The van der Waals surface area contributed by atoms with E-state index in [4.69, 9.17) is 0 Å². The Labute approximate surface area is 89.9 Å². The number of hydrogen-bond donors (Lipinski definition) is 1. The molecule has 0 aliphatic heterocycles. The minimum Gasteiger partial charge on any atom is -0.392 e. The molecule has 2 nitrogen and oxygen atoms in total. The molecule has 1 aliphatic carbocycles. The number of ketones is 1. The highest BCUT2D eigenvalue weighted by Gasteiger charge is 2.28. The third kappa shape index (κ3) is 1.95. The predicted octanol–water partition coefficient (Wildman–Crippen LogP) is 2.52. The Morgan fingerprint density at radius 3 is 2.67 bits per heavy atom. The van der Waals surface area contributed by atoms with Gasteiger partial charge in [-0.05, 0) is 25.3 Å². The standard InChI is InChI=1S/C13H16O2/c1-9(14)10-5-2-3-6-11(10)12-7-4-8-13(12)15/h2-3,5-6,12-13,15H,4,7-8H2,1H3. The summed E-state index contributed by atoms with van der Waals surface area (Å²) >= 11 is 0. The van der Waals surface area contributed by atoms with Gasteiger partial charge in [-0.3, -0.25) is 4.79 Å². The molecule has 0 aromatic heterocycles. The van der Waals surface area contributed by atoms with E-state index in [2.05, 4.69) is 0 Å². The number of hydrogen-bond acceptors (Lipinski definition) is 2. The van der Waals surface area contributed by atoms with Crippen LogP contribution >= 0.6 is 0 Å². The maximum Gasteiger partial charge on any atom is 0.160 e. The molecule has 2 heteroatoms. The maximum atomic E-state index is 11.4. The zero-order valence-electron chi connectivity index (χ0n) is 8.94. The fourth-order valence-corrected chi connectivity index (χ4v) is 2.44. The molecule has 0 heterocycles. The number of rotatable bonds is 2. The molecule has 0 radical (unpaired) electrons.